The smallest absolute Gasteiger partial charge is 0.310 e. The number of nitrogens with zero attached hydrogens (tertiary/aromatic N) is 2. The molecule has 1 spiro atoms. The fourth-order valence-electron chi connectivity index (χ4n) is 5.94. The average molecular weight is 572 g/mol. The second kappa shape index (κ2) is 12.3. The molecular formula is C26H39BrN2O5S. The van der Waals surface area contributed by atoms with E-state index < -0.39 is 28.7 Å². The van der Waals surface area contributed by atoms with Crippen LogP contribution in [-0.2, 0) is 19.1 Å². The minimum Gasteiger partial charge on any atom is -0.465 e. The Labute approximate surface area is 221 Å². The molecule has 0 aromatic heterocycles. The van der Waals surface area contributed by atoms with E-state index in [0.717, 1.165) is 19.3 Å². The van der Waals surface area contributed by atoms with Gasteiger partial charge in [0, 0.05) is 23.2 Å². The zero-order valence-electron chi connectivity index (χ0n) is 20.9. The van der Waals surface area contributed by atoms with E-state index >= 15 is 0 Å². The number of rotatable bonds is 14. The number of carbonyl (C=O) groups excluding carboxylic acids is 3. The number of halogens is 1. The molecular weight excluding hydrogens is 532 g/mol. The lowest BCUT2D eigenvalue weighted by Crippen LogP contribution is -2.57. The number of thioether (sulfide) groups is 1. The zero-order chi connectivity index (χ0) is 25.8. The molecule has 0 saturated carbocycles. The molecule has 0 aromatic rings. The number of aliphatic hydroxyl groups is 1. The summed E-state index contributed by atoms with van der Waals surface area (Å²) in [4.78, 5) is 44.8. The van der Waals surface area contributed by atoms with E-state index in [1.54, 1.807) is 33.7 Å². The molecule has 3 aliphatic rings. The van der Waals surface area contributed by atoms with E-state index in [1.165, 1.54) is 0 Å². The lowest BCUT2D eigenvalue weighted by Gasteiger charge is -2.39. The highest BCUT2D eigenvalue weighted by molar-refractivity contribution is 9.09. The summed E-state index contributed by atoms with van der Waals surface area (Å²) in [5.74, 6) is -1.98. The molecule has 7 nitrogen and oxygen atoms in total. The van der Waals surface area contributed by atoms with Gasteiger partial charge in [0.15, 0.2) is 0 Å². The zero-order valence-corrected chi connectivity index (χ0v) is 23.3. The summed E-state index contributed by atoms with van der Waals surface area (Å²) in [6, 6.07) is -1.22. The summed E-state index contributed by atoms with van der Waals surface area (Å²) in [7, 11) is 0. The Kier molecular flexibility index (Phi) is 9.91. The number of hydrogen-bond donors (Lipinski definition) is 1. The van der Waals surface area contributed by atoms with Crippen molar-refractivity contribution in [2.45, 2.75) is 79.3 Å². The highest BCUT2D eigenvalue weighted by atomic mass is 79.9. The number of ether oxygens (including phenoxy) is 1. The van der Waals surface area contributed by atoms with Gasteiger partial charge in [-0.1, -0.05) is 54.8 Å². The highest BCUT2D eigenvalue weighted by Gasteiger charge is 2.76. The fraction of sp³-hybridized carbons (Fsp3) is 0.731. The van der Waals surface area contributed by atoms with Crippen LogP contribution in [0.1, 0.15) is 52.4 Å². The summed E-state index contributed by atoms with van der Waals surface area (Å²) in [6.07, 6.45) is 8.00. The summed E-state index contributed by atoms with van der Waals surface area (Å²) in [5.41, 5.74) is 0. The highest BCUT2D eigenvalue weighted by Crippen LogP contribution is 2.68. The number of likely N-dealkylation sites (tertiary alicyclic amines) is 1. The number of carbonyl (C=O) groups is 3. The van der Waals surface area contributed by atoms with Crippen molar-refractivity contribution in [3.8, 4) is 0 Å². The molecule has 7 atom stereocenters. The van der Waals surface area contributed by atoms with E-state index in [9.17, 15) is 19.5 Å². The molecule has 3 rings (SSSR count). The number of fused-ring (bicyclic) bond motifs is 1. The van der Waals surface area contributed by atoms with Gasteiger partial charge in [-0.25, -0.2) is 0 Å². The van der Waals surface area contributed by atoms with Crippen molar-refractivity contribution in [2.75, 3.05) is 26.3 Å². The van der Waals surface area contributed by atoms with Crippen LogP contribution in [0.15, 0.2) is 25.3 Å². The second-order valence-corrected chi connectivity index (χ2v) is 12.4. The maximum Gasteiger partial charge on any atom is 0.310 e. The topological polar surface area (TPSA) is 87.1 Å². The van der Waals surface area contributed by atoms with Gasteiger partial charge in [0.2, 0.25) is 11.8 Å². The Bertz CT molecular complexity index is 822. The lowest BCUT2D eigenvalue weighted by molar-refractivity contribution is -0.154. The van der Waals surface area contributed by atoms with Crippen LogP contribution in [0, 0.1) is 11.8 Å². The van der Waals surface area contributed by atoms with Crippen LogP contribution in [-0.4, -0.2) is 85.9 Å². The number of aliphatic hydroxyl groups excluding tert-OH is 1. The van der Waals surface area contributed by atoms with Crippen LogP contribution < -0.4 is 0 Å². The SMILES string of the molecule is C=CCCOC(=O)[C@H]1[C@H]2C(=O)N([C@@H](CC)CO)C(C(=O)N(CC=C)CCCCC)C23CC(Br)[C@@H]1S3. The maximum absolute atomic E-state index is 14.2. The van der Waals surface area contributed by atoms with Crippen LogP contribution in [0.4, 0.5) is 0 Å². The van der Waals surface area contributed by atoms with Crippen molar-refractivity contribution >= 4 is 45.5 Å². The molecule has 0 aliphatic carbocycles. The molecule has 3 fully saturated rings. The van der Waals surface area contributed by atoms with Crippen LogP contribution in [0.3, 0.4) is 0 Å². The van der Waals surface area contributed by atoms with Crippen LogP contribution in [0.25, 0.3) is 0 Å². The second-order valence-electron chi connectivity index (χ2n) is 9.68. The molecule has 2 amide bonds. The normalized spacial score (nSPS) is 31.8. The standard InChI is InChI=1S/C26H39BrN2O5S/c1-5-9-11-13-28(12-7-3)24(32)22-26-15-18(27)21(35-26)19(25(33)34-14-10-6-2)20(26)23(31)29(22)17(8-4)16-30/h6-7,17-22,30H,2-3,5,8-16H2,1,4H3/t17-,18?,19-,20-,21-,22?,26?/m0/s1. The Morgan fingerprint density at radius 3 is 2.69 bits per heavy atom. The van der Waals surface area contributed by atoms with Gasteiger partial charge >= 0.3 is 5.97 Å². The number of alkyl halides is 1. The van der Waals surface area contributed by atoms with Crippen molar-refractivity contribution in [3.63, 3.8) is 0 Å². The first-order chi connectivity index (χ1) is 16.8. The first-order valence-electron chi connectivity index (χ1n) is 12.7. The first kappa shape index (κ1) is 28.3. The van der Waals surface area contributed by atoms with Gasteiger partial charge < -0.3 is 19.6 Å². The Balaban J connectivity index is 2.02. The van der Waals surface area contributed by atoms with Crippen LogP contribution in [0.5, 0.6) is 0 Å². The van der Waals surface area contributed by atoms with Gasteiger partial charge in [-0.15, -0.1) is 24.9 Å². The largest absolute Gasteiger partial charge is 0.465 e. The van der Waals surface area contributed by atoms with Gasteiger partial charge in [-0.2, -0.15) is 0 Å². The summed E-state index contributed by atoms with van der Waals surface area (Å²) < 4.78 is 4.81. The molecule has 1 N–H and O–H groups in total. The van der Waals surface area contributed by atoms with Gasteiger partial charge in [0.25, 0.3) is 0 Å². The number of hydrogen-bond acceptors (Lipinski definition) is 6. The van der Waals surface area contributed by atoms with Crippen molar-refractivity contribution < 1.29 is 24.2 Å². The molecule has 3 heterocycles. The summed E-state index contributed by atoms with van der Waals surface area (Å²) in [6.45, 7) is 12.5. The number of esters is 1. The molecule has 196 valence electrons. The predicted molar refractivity (Wildman–Crippen MR) is 142 cm³/mol. The van der Waals surface area contributed by atoms with Crippen molar-refractivity contribution in [1.82, 2.24) is 9.80 Å². The molecule has 3 saturated heterocycles. The molecule has 2 bridgehead atoms. The quantitative estimate of drug-likeness (QED) is 0.149. The van der Waals surface area contributed by atoms with Crippen molar-refractivity contribution in [3.05, 3.63) is 25.3 Å². The summed E-state index contributed by atoms with van der Waals surface area (Å²) in [5, 5.41) is 10.0. The van der Waals surface area contributed by atoms with Crippen LogP contribution in [0.2, 0.25) is 0 Å². The van der Waals surface area contributed by atoms with E-state index in [4.69, 9.17) is 4.74 Å². The average Bonchev–Trinajstić information content (AvgIpc) is 3.43. The van der Waals surface area contributed by atoms with Gasteiger partial charge in [0.1, 0.15) is 6.04 Å². The molecule has 0 aromatic carbocycles. The van der Waals surface area contributed by atoms with Crippen LogP contribution >= 0.6 is 27.7 Å². The maximum atomic E-state index is 14.2. The van der Waals surface area contributed by atoms with Crippen molar-refractivity contribution in [1.29, 1.82) is 0 Å². The predicted octanol–water partition coefficient (Wildman–Crippen LogP) is 3.55. The van der Waals surface area contributed by atoms with Crippen molar-refractivity contribution in [2.24, 2.45) is 11.8 Å². The Morgan fingerprint density at radius 1 is 1.34 bits per heavy atom. The first-order valence-corrected chi connectivity index (χ1v) is 14.5. The fourth-order valence-corrected chi connectivity index (χ4v) is 9.52. The molecule has 9 heteroatoms. The third-order valence-electron chi connectivity index (χ3n) is 7.57. The molecule has 35 heavy (non-hydrogen) atoms. The van der Waals surface area contributed by atoms with Gasteiger partial charge in [0.05, 0.1) is 35.8 Å². The molecule has 0 radical (unpaired) electrons. The minimum absolute atomic E-state index is 0.00842. The Hall–Kier alpha value is -1.32. The number of unbranched alkanes of at least 4 members (excludes halogenated alkanes) is 2. The van der Waals surface area contributed by atoms with E-state index in [2.05, 4.69) is 36.0 Å². The molecule has 3 aliphatic heterocycles. The monoisotopic (exact) mass is 570 g/mol. The van der Waals surface area contributed by atoms with Gasteiger partial charge in [-0.05, 0) is 25.7 Å². The minimum atomic E-state index is -0.736. The van der Waals surface area contributed by atoms with Gasteiger partial charge in [-0.3, -0.25) is 14.4 Å². The van der Waals surface area contributed by atoms with E-state index in [1.807, 2.05) is 6.92 Å². The third-order valence-corrected chi connectivity index (χ3v) is 10.8. The summed E-state index contributed by atoms with van der Waals surface area (Å²) >= 11 is 5.35. The number of amides is 2. The van der Waals surface area contributed by atoms with E-state index in [0.29, 0.717) is 32.4 Å². The molecule has 3 unspecified atom stereocenters. The third kappa shape index (κ3) is 5.10. The van der Waals surface area contributed by atoms with E-state index in [-0.39, 0.29) is 41.1 Å². The Morgan fingerprint density at radius 2 is 2.09 bits per heavy atom. The lowest BCUT2D eigenvalue weighted by atomic mass is 9.71.